The van der Waals surface area contributed by atoms with Gasteiger partial charge in [-0.15, -0.1) is 6.42 Å². The van der Waals surface area contributed by atoms with Crippen molar-refractivity contribution in [2.24, 2.45) is 0 Å². The average Bonchev–Trinajstić information content (AvgIpc) is 2.20. The molecule has 2 heteroatoms. The number of para-hydroxylation sites is 1. The van der Waals surface area contributed by atoms with Gasteiger partial charge in [-0.1, -0.05) is 18.1 Å². The summed E-state index contributed by atoms with van der Waals surface area (Å²) < 4.78 is 5.25. The van der Waals surface area contributed by atoms with Gasteiger partial charge in [0.25, 0.3) is 0 Å². The molecule has 1 N–H and O–H groups in total. The van der Waals surface area contributed by atoms with Crippen LogP contribution in [0.3, 0.4) is 0 Å². The van der Waals surface area contributed by atoms with E-state index in [1.807, 2.05) is 26.0 Å². The number of terminal acetylenes is 1. The Morgan fingerprint density at radius 2 is 2.29 bits per heavy atom. The molecule has 0 aliphatic carbocycles. The van der Waals surface area contributed by atoms with Crippen LogP contribution in [0.2, 0.25) is 0 Å². The lowest BCUT2D eigenvalue weighted by molar-refractivity contribution is 0.316. The molecule has 14 heavy (non-hydrogen) atoms. The number of phenols is 1. The van der Waals surface area contributed by atoms with Gasteiger partial charge in [-0.2, -0.15) is 0 Å². The van der Waals surface area contributed by atoms with Gasteiger partial charge < -0.3 is 9.84 Å². The highest BCUT2D eigenvalue weighted by Gasteiger charge is 2.11. The summed E-state index contributed by atoms with van der Waals surface area (Å²) >= 11 is 0. The molecule has 0 saturated heterocycles. The quantitative estimate of drug-likeness (QED) is 0.742. The van der Waals surface area contributed by atoms with Crippen molar-refractivity contribution in [2.45, 2.75) is 19.8 Å². The number of rotatable bonds is 3. The van der Waals surface area contributed by atoms with E-state index < -0.39 is 0 Å². The van der Waals surface area contributed by atoms with E-state index in [0.29, 0.717) is 12.4 Å². The molecule has 1 unspecified atom stereocenters. The zero-order chi connectivity index (χ0) is 10.6. The SMILES string of the molecule is C#CC(C)c1cccc(OCC)c1O. The minimum atomic E-state index is -0.101. The van der Waals surface area contributed by atoms with Crippen LogP contribution in [0, 0.1) is 12.3 Å². The lowest BCUT2D eigenvalue weighted by Gasteiger charge is -2.11. The van der Waals surface area contributed by atoms with Gasteiger partial charge in [-0.3, -0.25) is 0 Å². The summed E-state index contributed by atoms with van der Waals surface area (Å²) in [6, 6.07) is 5.36. The molecular weight excluding hydrogens is 176 g/mol. The van der Waals surface area contributed by atoms with Gasteiger partial charge in [0.1, 0.15) is 0 Å². The van der Waals surface area contributed by atoms with Gasteiger partial charge in [-0.25, -0.2) is 0 Å². The second-order valence-electron chi connectivity index (χ2n) is 3.02. The fourth-order valence-corrected chi connectivity index (χ4v) is 1.25. The number of benzene rings is 1. The lowest BCUT2D eigenvalue weighted by atomic mass is 10.0. The van der Waals surface area contributed by atoms with E-state index in [0.717, 1.165) is 5.56 Å². The maximum Gasteiger partial charge on any atom is 0.162 e. The predicted molar refractivity (Wildman–Crippen MR) is 56.5 cm³/mol. The molecule has 0 spiro atoms. The molecular formula is C12H14O2. The summed E-state index contributed by atoms with van der Waals surface area (Å²) in [6.45, 7) is 4.27. The van der Waals surface area contributed by atoms with E-state index in [2.05, 4.69) is 5.92 Å². The molecule has 0 amide bonds. The van der Waals surface area contributed by atoms with E-state index in [1.165, 1.54) is 0 Å². The lowest BCUT2D eigenvalue weighted by Crippen LogP contribution is -1.96. The summed E-state index contributed by atoms with van der Waals surface area (Å²) in [7, 11) is 0. The summed E-state index contributed by atoms with van der Waals surface area (Å²) in [5.41, 5.74) is 0.735. The molecule has 0 bridgehead atoms. The van der Waals surface area contributed by atoms with Crippen LogP contribution in [-0.4, -0.2) is 11.7 Å². The van der Waals surface area contributed by atoms with Crippen molar-refractivity contribution >= 4 is 0 Å². The Balaban J connectivity index is 3.08. The second kappa shape index (κ2) is 4.57. The predicted octanol–water partition coefficient (Wildman–Crippen LogP) is 2.53. The zero-order valence-electron chi connectivity index (χ0n) is 8.45. The van der Waals surface area contributed by atoms with Crippen LogP contribution in [0.5, 0.6) is 11.5 Å². The Kier molecular flexibility index (Phi) is 3.41. The average molecular weight is 190 g/mol. The smallest absolute Gasteiger partial charge is 0.162 e. The molecule has 74 valence electrons. The molecule has 1 atom stereocenters. The highest BCUT2D eigenvalue weighted by Crippen LogP contribution is 2.33. The van der Waals surface area contributed by atoms with Gasteiger partial charge >= 0.3 is 0 Å². The van der Waals surface area contributed by atoms with E-state index in [4.69, 9.17) is 11.2 Å². The molecule has 1 aromatic rings. The third kappa shape index (κ3) is 2.00. The Morgan fingerprint density at radius 1 is 1.57 bits per heavy atom. The Morgan fingerprint density at radius 3 is 2.86 bits per heavy atom. The minimum absolute atomic E-state index is 0.101. The minimum Gasteiger partial charge on any atom is -0.504 e. The third-order valence-corrected chi connectivity index (χ3v) is 2.05. The normalized spacial score (nSPS) is 11.8. The molecule has 2 nitrogen and oxygen atoms in total. The topological polar surface area (TPSA) is 29.5 Å². The molecule has 0 aliphatic heterocycles. The Hall–Kier alpha value is -1.62. The van der Waals surface area contributed by atoms with Crippen LogP contribution in [0.4, 0.5) is 0 Å². The van der Waals surface area contributed by atoms with E-state index in [9.17, 15) is 5.11 Å². The van der Waals surface area contributed by atoms with Crippen molar-refractivity contribution in [1.82, 2.24) is 0 Å². The maximum absolute atomic E-state index is 9.80. The van der Waals surface area contributed by atoms with E-state index in [-0.39, 0.29) is 11.7 Å². The van der Waals surface area contributed by atoms with Crippen molar-refractivity contribution in [3.8, 4) is 23.8 Å². The van der Waals surface area contributed by atoms with Crippen LogP contribution < -0.4 is 4.74 Å². The van der Waals surface area contributed by atoms with Crippen LogP contribution >= 0.6 is 0 Å². The third-order valence-electron chi connectivity index (χ3n) is 2.05. The van der Waals surface area contributed by atoms with E-state index >= 15 is 0 Å². The summed E-state index contributed by atoms with van der Waals surface area (Å²) in [5, 5.41) is 9.80. The molecule has 0 aliphatic rings. The van der Waals surface area contributed by atoms with Crippen LogP contribution in [-0.2, 0) is 0 Å². The molecule has 0 radical (unpaired) electrons. The molecule has 1 rings (SSSR count). The van der Waals surface area contributed by atoms with Crippen LogP contribution in [0.25, 0.3) is 0 Å². The van der Waals surface area contributed by atoms with Crippen molar-refractivity contribution in [1.29, 1.82) is 0 Å². The van der Waals surface area contributed by atoms with Gasteiger partial charge in [-0.05, 0) is 19.9 Å². The maximum atomic E-state index is 9.80. The second-order valence-corrected chi connectivity index (χ2v) is 3.02. The number of hydrogen-bond donors (Lipinski definition) is 1. The van der Waals surface area contributed by atoms with Crippen LogP contribution in [0.15, 0.2) is 18.2 Å². The van der Waals surface area contributed by atoms with Crippen molar-refractivity contribution in [3.05, 3.63) is 23.8 Å². The van der Waals surface area contributed by atoms with Crippen molar-refractivity contribution < 1.29 is 9.84 Å². The largest absolute Gasteiger partial charge is 0.504 e. The number of phenolic OH excluding ortho intramolecular Hbond substituents is 1. The highest BCUT2D eigenvalue weighted by atomic mass is 16.5. The number of hydrogen-bond acceptors (Lipinski definition) is 2. The van der Waals surface area contributed by atoms with E-state index in [1.54, 1.807) is 6.07 Å². The molecule has 0 saturated carbocycles. The Labute approximate surface area is 84.5 Å². The van der Waals surface area contributed by atoms with Crippen molar-refractivity contribution in [3.63, 3.8) is 0 Å². The van der Waals surface area contributed by atoms with Gasteiger partial charge in [0.05, 0.1) is 6.61 Å². The molecule has 1 aromatic carbocycles. The molecule has 0 fully saturated rings. The standard InChI is InChI=1S/C12H14O2/c1-4-9(3)10-7-6-8-11(12(10)13)14-5-2/h1,6-9,13H,5H2,2-3H3. The van der Waals surface area contributed by atoms with Gasteiger partial charge in [0.2, 0.25) is 0 Å². The van der Waals surface area contributed by atoms with Gasteiger partial charge in [0.15, 0.2) is 11.5 Å². The first-order valence-electron chi connectivity index (χ1n) is 4.61. The summed E-state index contributed by atoms with van der Waals surface area (Å²) in [4.78, 5) is 0. The first-order valence-corrected chi connectivity index (χ1v) is 4.61. The fraction of sp³-hybridized carbons (Fsp3) is 0.333. The Bertz CT molecular complexity index is 350. The summed E-state index contributed by atoms with van der Waals surface area (Å²) in [6.07, 6.45) is 5.30. The highest BCUT2D eigenvalue weighted by molar-refractivity contribution is 5.48. The molecule has 0 aromatic heterocycles. The summed E-state index contributed by atoms with van der Waals surface area (Å²) in [5.74, 6) is 3.12. The number of aromatic hydroxyl groups is 1. The van der Waals surface area contributed by atoms with Gasteiger partial charge in [0, 0.05) is 11.5 Å². The first kappa shape index (κ1) is 10.5. The first-order chi connectivity index (χ1) is 6.70. The molecule has 0 heterocycles. The number of ether oxygens (including phenoxy) is 1. The zero-order valence-corrected chi connectivity index (χ0v) is 8.45. The monoisotopic (exact) mass is 190 g/mol. The fourth-order valence-electron chi connectivity index (χ4n) is 1.25. The van der Waals surface area contributed by atoms with Crippen molar-refractivity contribution in [2.75, 3.05) is 6.61 Å². The van der Waals surface area contributed by atoms with Crippen LogP contribution in [0.1, 0.15) is 25.3 Å².